The Bertz CT molecular complexity index is 1320. The molecule has 7 nitrogen and oxygen atoms in total. The van der Waals surface area contributed by atoms with E-state index in [1.165, 1.54) is 0 Å². The van der Waals surface area contributed by atoms with Gasteiger partial charge in [0.2, 0.25) is 5.82 Å². The fourth-order valence-corrected chi connectivity index (χ4v) is 4.08. The van der Waals surface area contributed by atoms with Crippen molar-refractivity contribution in [1.29, 1.82) is 0 Å². The minimum atomic E-state index is -0.847. The first-order chi connectivity index (χ1) is 16.5. The highest BCUT2D eigenvalue weighted by atomic mass is 35.5. The highest BCUT2D eigenvalue weighted by Crippen LogP contribution is 2.34. The summed E-state index contributed by atoms with van der Waals surface area (Å²) < 4.78 is 10.9. The largest absolute Gasteiger partial charge is 0.481 e. The predicted molar refractivity (Wildman–Crippen MR) is 130 cm³/mol. The third kappa shape index (κ3) is 5.44. The number of methoxy groups -OCH3 is 1. The van der Waals surface area contributed by atoms with Crippen LogP contribution < -0.4 is 0 Å². The Morgan fingerprint density at radius 2 is 1.88 bits per heavy atom. The third-order valence-corrected chi connectivity index (χ3v) is 5.88. The maximum Gasteiger partial charge on any atom is 0.303 e. The smallest absolute Gasteiger partial charge is 0.303 e. The number of rotatable bonds is 9. The quantitative estimate of drug-likeness (QED) is 0.288. The van der Waals surface area contributed by atoms with Crippen LogP contribution in [-0.2, 0) is 22.6 Å². The average molecular weight is 498 g/mol. The third-order valence-electron chi connectivity index (χ3n) is 5.22. The molecule has 0 aliphatic rings. The molecule has 9 heteroatoms. The van der Waals surface area contributed by atoms with E-state index in [0.29, 0.717) is 52.5 Å². The molecule has 0 aliphatic heterocycles. The SMILES string of the molecule is COCc1cc(-c2nc(-c3cnc(CCCC(=O)O)c(Cl)c3)no2)ccc1-c1ccccc1Cl. The maximum absolute atomic E-state index is 10.7. The molecule has 2 aromatic carbocycles. The summed E-state index contributed by atoms with van der Waals surface area (Å²) >= 11 is 12.7. The lowest BCUT2D eigenvalue weighted by atomic mass is 9.97. The van der Waals surface area contributed by atoms with Crippen LogP contribution in [0.5, 0.6) is 0 Å². The summed E-state index contributed by atoms with van der Waals surface area (Å²) in [6.45, 7) is 0.387. The molecule has 0 atom stereocenters. The van der Waals surface area contributed by atoms with E-state index in [2.05, 4.69) is 15.1 Å². The van der Waals surface area contributed by atoms with Gasteiger partial charge in [-0.2, -0.15) is 4.98 Å². The number of aromatic nitrogens is 3. The minimum absolute atomic E-state index is 0.0638. The number of carboxylic acids is 1. The lowest BCUT2D eigenvalue weighted by Crippen LogP contribution is -1.98. The Kier molecular flexibility index (Phi) is 7.57. The molecule has 0 fully saturated rings. The Morgan fingerprint density at radius 3 is 2.62 bits per heavy atom. The van der Waals surface area contributed by atoms with Gasteiger partial charge in [-0.25, -0.2) is 0 Å². The number of ether oxygens (including phenoxy) is 1. The van der Waals surface area contributed by atoms with Crippen LogP contribution in [0.15, 0.2) is 59.3 Å². The molecule has 2 aromatic heterocycles. The van der Waals surface area contributed by atoms with Crippen molar-refractivity contribution in [3.05, 3.63) is 76.0 Å². The van der Waals surface area contributed by atoms with Gasteiger partial charge in [-0.3, -0.25) is 9.78 Å². The molecule has 0 saturated carbocycles. The zero-order chi connectivity index (χ0) is 24.1. The van der Waals surface area contributed by atoms with Crippen LogP contribution in [0.2, 0.25) is 10.0 Å². The number of carboxylic acid groups (broad SMARTS) is 1. The second-order valence-electron chi connectivity index (χ2n) is 7.61. The number of pyridine rings is 1. The monoisotopic (exact) mass is 497 g/mol. The van der Waals surface area contributed by atoms with E-state index in [-0.39, 0.29) is 6.42 Å². The number of hydrogen-bond acceptors (Lipinski definition) is 6. The van der Waals surface area contributed by atoms with Crippen LogP contribution in [0.25, 0.3) is 34.0 Å². The number of benzene rings is 2. The average Bonchev–Trinajstić information content (AvgIpc) is 3.31. The zero-order valence-corrected chi connectivity index (χ0v) is 19.8. The molecule has 0 unspecified atom stereocenters. The van der Waals surface area contributed by atoms with E-state index >= 15 is 0 Å². The van der Waals surface area contributed by atoms with Crippen LogP contribution in [0.4, 0.5) is 0 Å². The molecule has 0 radical (unpaired) electrons. The topological polar surface area (TPSA) is 98.3 Å². The molecule has 0 saturated heterocycles. The van der Waals surface area contributed by atoms with Crippen molar-refractivity contribution in [2.75, 3.05) is 7.11 Å². The molecule has 4 aromatic rings. The van der Waals surface area contributed by atoms with Gasteiger partial charge in [0.1, 0.15) is 0 Å². The number of carbonyl (C=O) groups is 1. The van der Waals surface area contributed by atoms with Gasteiger partial charge in [-0.05, 0) is 48.2 Å². The molecule has 1 N–H and O–H groups in total. The van der Waals surface area contributed by atoms with Gasteiger partial charge in [0.25, 0.3) is 5.89 Å². The molecule has 34 heavy (non-hydrogen) atoms. The Hall–Kier alpha value is -3.26. The van der Waals surface area contributed by atoms with Crippen LogP contribution in [0, 0.1) is 0 Å². The summed E-state index contributed by atoms with van der Waals surface area (Å²) in [5, 5.41) is 14.0. The van der Waals surface area contributed by atoms with Crippen molar-refractivity contribution >= 4 is 29.2 Å². The van der Waals surface area contributed by atoms with E-state index < -0.39 is 5.97 Å². The fourth-order valence-electron chi connectivity index (χ4n) is 3.58. The molecule has 0 spiro atoms. The van der Waals surface area contributed by atoms with E-state index in [9.17, 15) is 4.79 Å². The van der Waals surface area contributed by atoms with Gasteiger partial charge >= 0.3 is 5.97 Å². The Morgan fingerprint density at radius 1 is 1.06 bits per heavy atom. The second-order valence-corrected chi connectivity index (χ2v) is 8.42. The normalized spacial score (nSPS) is 11.0. The van der Waals surface area contributed by atoms with E-state index in [1.54, 1.807) is 19.4 Å². The fraction of sp³-hybridized carbons (Fsp3) is 0.200. The number of hydrogen-bond donors (Lipinski definition) is 1. The number of nitrogens with zero attached hydrogens (tertiary/aromatic N) is 3. The summed E-state index contributed by atoms with van der Waals surface area (Å²) in [6.07, 6.45) is 2.60. The summed E-state index contributed by atoms with van der Waals surface area (Å²) in [5.41, 5.74) is 4.79. The van der Waals surface area contributed by atoms with Gasteiger partial charge < -0.3 is 14.4 Å². The molecular weight excluding hydrogens is 477 g/mol. The number of halogens is 2. The first-order valence-corrected chi connectivity index (χ1v) is 11.3. The highest BCUT2D eigenvalue weighted by molar-refractivity contribution is 6.33. The Balaban J connectivity index is 1.59. The summed E-state index contributed by atoms with van der Waals surface area (Å²) in [7, 11) is 1.63. The lowest BCUT2D eigenvalue weighted by Gasteiger charge is -2.11. The van der Waals surface area contributed by atoms with Gasteiger partial charge in [0.15, 0.2) is 0 Å². The van der Waals surface area contributed by atoms with Gasteiger partial charge in [0.05, 0.1) is 17.3 Å². The highest BCUT2D eigenvalue weighted by Gasteiger charge is 2.16. The first-order valence-electron chi connectivity index (χ1n) is 10.5. The second kappa shape index (κ2) is 10.8. The zero-order valence-electron chi connectivity index (χ0n) is 18.3. The molecule has 2 heterocycles. The molecule has 0 aliphatic carbocycles. The summed E-state index contributed by atoms with van der Waals surface area (Å²) in [6, 6.07) is 15.1. The molecule has 174 valence electrons. The maximum atomic E-state index is 10.7. The van der Waals surface area contributed by atoms with Crippen molar-refractivity contribution in [3.8, 4) is 34.0 Å². The van der Waals surface area contributed by atoms with E-state index in [4.69, 9.17) is 37.6 Å². The first kappa shape index (κ1) is 23.9. The lowest BCUT2D eigenvalue weighted by molar-refractivity contribution is -0.137. The molecule has 0 bridgehead atoms. The molecule has 0 amide bonds. The summed E-state index contributed by atoms with van der Waals surface area (Å²) in [5.74, 6) is -0.148. The standard InChI is InChI=1S/C25H21Cl2N3O4/c1-33-14-17-11-15(9-10-18(17)19-5-2-3-6-20(19)26)25-29-24(30-34-25)16-12-21(27)22(28-13-16)7-4-8-23(31)32/h2-3,5-6,9-13H,4,7-8,14H2,1H3,(H,31,32). The van der Waals surface area contributed by atoms with Crippen LogP contribution in [0.1, 0.15) is 24.1 Å². The van der Waals surface area contributed by atoms with Crippen molar-refractivity contribution in [1.82, 2.24) is 15.1 Å². The number of aryl methyl sites for hydroxylation is 1. The van der Waals surface area contributed by atoms with Crippen molar-refractivity contribution in [3.63, 3.8) is 0 Å². The van der Waals surface area contributed by atoms with Crippen molar-refractivity contribution in [2.24, 2.45) is 0 Å². The predicted octanol–water partition coefficient (Wildman–Crippen LogP) is 6.33. The summed E-state index contributed by atoms with van der Waals surface area (Å²) in [4.78, 5) is 19.6. The molecular formula is C25H21Cl2N3O4. The van der Waals surface area contributed by atoms with Crippen molar-refractivity contribution in [2.45, 2.75) is 25.9 Å². The van der Waals surface area contributed by atoms with Gasteiger partial charge in [0, 0.05) is 41.4 Å². The van der Waals surface area contributed by atoms with Crippen molar-refractivity contribution < 1.29 is 19.2 Å². The van der Waals surface area contributed by atoms with Crippen LogP contribution >= 0.6 is 23.2 Å². The van der Waals surface area contributed by atoms with Gasteiger partial charge in [-0.1, -0.05) is 52.6 Å². The van der Waals surface area contributed by atoms with Crippen LogP contribution in [0.3, 0.4) is 0 Å². The van der Waals surface area contributed by atoms with Crippen LogP contribution in [-0.4, -0.2) is 33.3 Å². The van der Waals surface area contributed by atoms with E-state index in [1.807, 2.05) is 42.5 Å². The molecule has 4 rings (SSSR count). The number of aliphatic carboxylic acids is 1. The minimum Gasteiger partial charge on any atom is -0.481 e. The van der Waals surface area contributed by atoms with Gasteiger partial charge in [-0.15, -0.1) is 0 Å². The Labute approximate surface area is 206 Å². The van der Waals surface area contributed by atoms with E-state index in [0.717, 1.165) is 22.3 Å².